The minimum Gasteiger partial charge on any atom is -0.438 e. The molecule has 0 spiro atoms. The molecule has 4 rings (SSSR count). The van der Waals surface area contributed by atoms with Crippen molar-refractivity contribution in [1.29, 1.82) is 10.5 Å². The van der Waals surface area contributed by atoms with Crippen LogP contribution in [0.3, 0.4) is 0 Å². The van der Waals surface area contributed by atoms with E-state index in [4.69, 9.17) is 22.1 Å². The molecule has 3 aromatic rings. The second kappa shape index (κ2) is 6.82. The Labute approximate surface area is 172 Å². The van der Waals surface area contributed by atoms with Gasteiger partial charge in [-0.2, -0.15) is 10.5 Å². The average molecular weight is 428 g/mol. The molecular formula is C19H11ClFN5O2S. The molecule has 0 fully saturated rings. The van der Waals surface area contributed by atoms with Gasteiger partial charge in [0.05, 0.1) is 21.7 Å². The number of nitrogens with two attached hydrogens (primary N) is 1. The topological polar surface area (TPSA) is 128 Å². The highest BCUT2D eigenvalue weighted by Gasteiger charge is 2.38. The molecule has 1 atom stereocenters. The average Bonchev–Trinajstić information content (AvgIpc) is 3.05. The van der Waals surface area contributed by atoms with E-state index in [1.54, 1.807) is 7.05 Å². The Morgan fingerprint density at radius 2 is 2.10 bits per heavy atom. The quantitative estimate of drug-likeness (QED) is 0.574. The highest BCUT2D eigenvalue weighted by atomic mass is 35.5. The summed E-state index contributed by atoms with van der Waals surface area (Å²) in [6, 6.07) is 8.02. The van der Waals surface area contributed by atoms with Gasteiger partial charge in [0, 0.05) is 17.6 Å². The first kappa shape index (κ1) is 18.8. The van der Waals surface area contributed by atoms with Gasteiger partial charge >= 0.3 is 0 Å². The number of ether oxygens (including phenoxy) is 1. The molecule has 4 N–H and O–H groups in total. The van der Waals surface area contributed by atoms with Crippen LogP contribution in [0.4, 0.5) is 9.39 Å². The van der Waals surface area contributed by atoms with Crippen molar-refractivity contribution < 1.29 is 9.13 Å². The Bertz CT molecular complexity index is 1340. The minimum atomic E-state index is -1.16. The number of fused-ring (bicyclic) bond motifs is 3. The number of nitriles is 2. The van der Waals surface area contributed by atoms with E-state index in [2.05, 4.69) is 10.3 Å². The predicted molar refractivity (Wildman–Crippen MR) is 107 cm³/mol. The third-order valence-corrected chi connectivity index (χ3v) is 6.18. The lowest BCUT2D eigenvalue weighted by Gasteiger charge is -2.26. The van der Waals surface area contributed by atoms with E-state index in [9.17, 15) is 19.7 Å². The molecule has 2 aromatic heterocycles. The van der Waals surface area contributed by atoms with Crippen molar-refractivity contribution in [3.8, 4) is 17.9 Å². The number of benzene rings is 1. The zero-order valence-electron chi connectivity index (χ0n) is 14.8. The lowest BCUT2D eigenvalue weighted by molar-refractivity contribution is 0.396. The van der Waals surface area contributed by atoms with E-state index < -0.39 is 17.3 Å². The number of nitrogens with zero attached hydrogens (tertiary/aromatic N) is 2. The molecular weight excluding hydrogens is 417 g/mol. The standard InChI is InChI=1S/C19H11ClFN5O2S/c1-25-19-8(6-23)14-16(29-19)15-13(18(27)26-14)11(7(5-22)17(24)28-15)12-9(20)3-2-4-10(12)21/h2-4,11,25H,24H2,1H3,(H,26,27). The largest absolute Gasteiger partial charge is 0.438 e. The molecule has 29 heavy (non-hydrogen) atoms. The number of aromatic nitrogens is 1. The number of hydrogen-bond acceptors (Lipinski definition) is 7. The van der Waals surface area contributed by atoms with Crippen LogP contribution in [0.25, 0.3) is 10.2 Å². The van der Waals surface area contributed by atoms with Crippen LogP contribution in [0.1, 0.15) is 22.6 Å². The predicted octanol–water partition coefficient (Wildman–Crippen LogP) is 3.51. The van der Waals surface area contributed by atoms with Crippen LogP contribution in [0.2, 0.25) is 5.02 Å². The van der Waals surface area contributed by atoms with E-state index in [0.717, 1.165) is 0 Å². The van der Waals surface area contributed by atoms with E-state index in [1.807, 2.05) is 12.1 Å². The molecule has 1 aliphatic rings. The van der Waals surface area contributed by atoms with E-state index >= 15 is 0 Å². The second-order valence-corrected chi connectivity index (χ2v) is 7.56. The number of anilines is 1. The number of hydrogen-bond donors (Lipinski definition) is 3. The maximum Gasteiger partial charge on any atom is 0.256 e. The molecule has 0 saturated heterocycles. The third kappa shape index (κ3) is 2.64. The summed E-state index contributed by atoms with van der Waals surface area (Å²) in [5.41, 5.74) is 5.68. The summed E-state index contributed by atoms with van der Waals surface area (Å²) in [6.07, 6.45) is 0. The van der Waals surface area contributed by atoms with Crippen molar-refractivity contribution in [2.24, 2.45) is 5.73 Å². The number of pyridine rings is 1. The van der Waals surface area contributed by atoms with Crippen molar-refractivity contribution in [3.63, 3.8) is 0 Å². The van der Waals surface area contributed by atoms with Gasteiger partial charge in [-0.15, -0.1) is 11.3 Å². The van der Waals surface area contributed by atoms with Crippen molar-refractivity contribution in [2.75, 3.05) is 12.4 Å². The summed E-state index contributed by atoms with van der Waals surface area (Å²) in [4.78, 5) is 15.7. The van der Waals surface area contributed by atoms with Gasteiger partial charge in [-0.25, -0.2) is 4.39 Å². The van der Waals surface area contributed by atoms with Gasteiger partial charge in [-0.1, -0.05) is 17.7 Å². The summed E-state index contributed by atoms with van der Waals surface area (Å²) < 4.78 is 20.8. The minimum absolute atomic E-state index is 0.00337. The molecule has 0 aliphatic carbocycles. The van der Waals surface area contributed by atoms with Crippen LogP contribution in [0, 0.1) is 28.5 Å². The zero-order chi connectivity index (χ0) is 20.9. The fourth-order valence-electron chi connectivity index (χ4n) is 3.41. The molecule has 144 valence electrons. The Morgan fingerprint density at radius 1 is 1.34 bits per heavy atom. The van der Waals surface area contributed by atoms with Crippen LogP contribution < -0.4 is 21.3 Å². The van der Waals surface area contributed by atoms with Crippen molar-refractivity contribution in [1.82, 2.24) is 4.98 Å². The Kier molecular flexibility index (Phi) is 4.42. The molecule has 0 radical (unpaired) electrons. The number of rotatable bonds is 2. The molecule has 7 nitrogen and oxygen atoms in total. The van der Waals surface area contributed by atoms with Crippen molar-refractivity contribution in [3.05, 3.63) is 67.5 Å². The first-order chi connectivity index (χ1) is 13.9. The maximum absolute atomic E-state index is 14.7. The van der Waals surface area contributed by atoms with E-state index in [1.165, 1.54) is 29.5 Å². The normalized spacial score (nSPS) is 15.4. The molecule has 3 heterocycles. The Hall–Kier alpha value is -3.53. The smallest absolute Gasteiger partial charge is 0.256 e. The van der Waals surface area contributed by atoms with Crippen LogP contribution in [0.5, 0.6) is 5.75 Å². The fraction of sp³-hybridized carbons (Fsp3) is 0.105. The number of thiophene rings is 1. The van der Waals surface area contributed by atoms with Gasteiger partial charge in [0.15, 0.2) is 5.75 Å². The summed E-state index contributed by atoms with van der Waals surface area (Å²) >= 11 is 7.40. The SMILES string of the molecule is CNc1sc2c3c(c(=O)[nH]c2c1C#N)C(c1c(F)cccc1Cl)C(C#N)=C(N)O3. The molecule has 0 amide bonds. The molecule has 1 unspecified atom stereocenters. The summed E-state index contributed by atoms with van der Waals surface area (Å²) in [7, 11) is 1.64. The number of allylic oxidation sites excluding steroid dienone is 1. The lowest BCUT2D eigenvalue weighted by Crippen LogP contribution is -2.28. The molecule has 1 aromatic carbocycles. The van der Waals surface area contributed by atoms with E-state index in [-0.39, 0.29) is 44.4 Å². The highest BCUT2D eigenvalue weighted by molar-refractivity contribution is 7.23. The second-order valence-electron chi connectivity index (χ2n) is 6.13. The Morgan fingerprint density at radius 3 is 2.72 bits per heavy atom. The van der Waals surface area contributed by atoms with Crippen LogP contribution >= 0.6 is 22.9 Å². The number of aromatic amines is 1. The van der Waals surface area contributed by atoms with Crippen LogP contribution in [0.15, 0.2) is 34.4 Å². The van der Waals surface area contributed by atoms with Gasteiger partial charge in [0.1, 0.15) is 34.1 Å². The van der Waals surface area contributed by atoms with E-state index in [0.29, 0.717) is 9.70 Å². The number of H-pyrrole nitrogens is 1. The Balaban J connectivity index is 2.15. The molecule has 0 bridgehead atoms. The molecule has 1 aliphatic heterocycles. The van der Waals surface area contributed by atoms with Gasteiger partial charge < -0.3 is 20.8 Å². The summed E-state index contributed by atoms with van der Waals surface area (Å²) in [5, 5.41) is 22.6. The molecule has 10 heteroatoms. The monoisotopic (exact) mass is 427 g/mol. The van der Waals surface area contributed by atoms with Crippen molar-refractivity contribution in [2.45, 2.75) is 5.92 Å². The van der Waals surface area contributed by atoms with Gasteiger partial charge in [0.25, 0.3) is 5.56 Å². The maximum atomic E-state index is 14.7. The first-order valence-electron chi connectivity index (χ1n) is 8.24. The zero-order valence-corrected chi connectivity index (χ0v) is 16.3. The van der Waals surface area contributed by atoms with Gasteiger partial charge in [0.2, 0.25) is 5.88 Å². The van der Waals surface area contributed by atoms with Gasteiger partial charge in [-0.05, 0) is 12.1 Å². The van der Waals surface area contributed by atoms with Crippen molar-refractivity contribution >= 4 is 38.2 Å². The van der Waals surface area contributed by atoms with Crippen LogP contribution in [-0.2, 0) is 0 Å². The molecule has 0 saturated carbocycles. The number of nitrogens with one attached hydrogen (secondary N) is 2. The third-order valence-electron chi connectivity index (χ3n) is 4.64. The summed E-state index contributed by atoms with van der Waals surface area (Å²) in [5.74, 6) is -2.02. The van der Waals surface area contributed by atoms with Gasteiger partial charge in [-0.3, -0.25) is 4.79 Å². The van der Waals surface area contributed by atoms with Crippen LogP contribution in [-0.4, -0.2) is 12.0 Å². The number of halogens is 2. The lowest BCUT2D eigenvalue weighted by atomic mass is 9.83. The fourth-order valence-corrected chi connectivity index (χ4v) is 4.74. The first-order valence-corrected chi connectivity index (χ1v) is 9.44. The summed E-state index contributed by atoms with van der Waals surface area (Å²) in [6.45, 7) is 0. The highest BCUT2D eigenvalue weighted by Crippen LogP contribution is 2.48.